The second kappa shape index (κ2) is 9.41. The van der Waals surface area contributed by atoms with Crippen molar-refractivity contribution in [2.24, 2.45) is 0 Å². The number of methoxy groups -OCH3 is 2. The van der Waals surface area contributed by atoms with E-state index in [1.54, 1.807) is 24.1 Å². The maximum absolute atomic E-state index is 13.5. The molecule has 6 heteroatoms. The first-order valence-corrected chi connectivity index (χ1v) is 10.7. The summed E-state index contributed by atoms with van der Waals surface area (Å²) >= 11 is 0. The first kappa shape index (κ1) is 22.7. The molecular formula is C25H32N2O4. The number of amides is 2. The quantitative estimate of drug-likeness (QED) is 0.616. The second-order valence-electron chi connectivity index (χ2n) is 8.52. The van der Waals surface area contributed by atoms with E-state index >= 15 is 0 Å². The van der Waals surface area contributed by atoms with Crippen molar-refractivity contribution in [3.05, 3.63) is 59.2 Å². The number of carbonyl (C=O) groups is 2. The van der Waals surface area contributed by atoms with Crippen molar-refractivity contribution in [1.29, 1.82) is 0 Å². The third kappa shape index (κ3) is 4.53. The molecule has 0 saturated heterocycles. The summed E-state index contributed by atoms with van der Waals surface area (Å²) in [6.45, 7) is 7.24. The zero-order valence-electron chi connectivity index (χ0n) is 19.0. The molecule has 2 aromatic rings. The minimum absolute atomic E-state index is 0.170. The summed E-state index contributed by atoms with van der Waals surface area (Å²) in [5.41, 5.74) is 1.91. The maximum atomic E-state index is 13.5. The van der Waals surface area contributed by atoms with Crippen molar-refractivity contribution in [2.75, 3.05) is 27.3 Å². The van der Waals surface area contributed by atoms with E-state index in [4.69, 9.17) is 9.47 Å². The molecule has 166 valence electrons. The average Bonchev–Trinajstić information content (AvgIpc) is 3.03. The first-order chi connectivity index (χ1) is 14.8. The molecule has 1 heterocycles. The van der Waals surface area contributed by atoms with Gasteiger partial charge in [-0.1, -0.05) is 57.5 Å². The largest absolute Gasteiger partial charge is 0.493 e. The Morgan fingerprint density at radius 2 is 1.74 bits per heavy atom. The topological polar surface area (TPSA) is 67.9 Å². The smallest absolute Gasteiger partial charge is 0.255 e. The van der Waals surface area contributed by atoms with E-state index in [0.29, 0.717) is 35.7 Å². The highest BCUT2D eigenvalue weighted by molar-refractivity contribution is 6.05. The van der Waals surface area contributed by atoms with Crippen molar-refractivity contribution in [3.8, 4) is 11.5 Å². The lowest BCUT2D eigenvalue weighted by Crippen LogP contribution is -2.44. The minimum atomic E-state index is -0.706. The SMILES string of the molecule is CCCCNC(=O)C1c2cc(OC)c(OC)cc2C(=O)N1CC(C)(C)c1ccccc1. The molecule has 0 radical (unpaired) electrons. The van der Waals surface area contributed by atoms with Crippen LogP contribution in [-0.4, -0.2) is 44.0 Å². The first-order valence-electron chi connectivity index (χ1n) is 10.7. The molecule has 1 N–H and O–H groups in total. The fourth-order valence-corrected chi connectivity index (χ4v) is 4.08. The summed E-state index contributed by atoms with van der Waals surface area (Å²) < 4.78 is 10.8. The number of fused-ring (bicyclic) bond motifs is 1. The number of carbonyl (C=O) groups excluding carboxylic acids is 2. The van der Waals surface area contributed by atoms with Gasteiger partial charge in [-0.15, -0.1) is 0 Å². The maximum Gasteiger partial charge on any atom is 0.255 e. The number of nitrogens with zero attached hydrogens (tertiary/aromatic N) is 1. The molecule has 3 rings (SSSR count). The van der Waals surface area contributed by atoms with E-state index in [9.17, 15) is 9.59 Å². The van der Waals surface area contributed by atoms with Crippen LogP contribution in [-0.2, 0) is 10.2 Å². The summed E-state index contributed by atoms with van der Waals surface area (Å²) in [4.78, 5) is 28.4. The molecule has 2 amide bonds. The van der Waals surface area contributed by atoms with Crippen LogP contribution >= 0.6 is 0 Å². The normalized spacial score (nSPS) is 15.6. The van der Waals surface area contributed by atoms with E-state index in [0.717, 1.165) is 18.4 Å². The number of benzene rings is 2. The molecule has 2 aromatic carbocycles. The molecule has 6 nitrogen and oxygen atoms in total. The Morgan fingerprint density at radius 3 is 2.35 bits per heavy atom. The summed E-state index contributed by atoms with van der Waals surface area (Å²) in [5, 5.41) is 3.00. The molecule has 0 aliphatic carbocycles. The fraction of sp³-hybridized carbons (Fsp3) is 0.440. The second-order valence-corrected chi connectivity index (χ2v) is 8.52. The van der Waals surface area contributed by atoms with Gasteiger partial charge in [0.2, 0.25) is 5.91 Å². The van der Waals surface area contributed by atoms with Gasteiger partial charge in [0.25, 0.3) is 5.91 Å². The van der Waals surface area contributed by atoms with Crippen LogP contribution < -0.4 is 14.8 Å². The van der Waals surface area contributed by atoms with Gasteiger partial charge in [-0.25, -0.2) is 0 Å². The molecular weight excluding hydrogens is 392 g/mol. The predicted octanol–water partition coefficient (Wildman–Crippen LogP) is 4.09. The monoisotopic (exact) mass is 424 g/mol. The zero-order valence-corrected chi connectivity index (χ0v) is 19.0. The van der Waals surface area contributed by atoms with Crippen molar-refractivity contribution < 1.29 is 19.1 Å². The highest BCUT2D eigenvalue weighted by Gasteiger charge is 2.44. The minimum Gasteiger partial charge on any atom is -0.493 e. The van der Waals surface area contributed by atoms with E-state index in [1.807, 2.05) is 18.2 Å². The van der Waals surface area contributed by atoms with E-state index < -0.39 is 6.04 Å². The van der Waals surface area contributed by atoms with Gasteiger partial charge in [-0.05, 0) is 24.1 Å². The molecule has 1 unspecified atom stereocenters. The van der Waals surface area contributed by atoms with Gasteiger partial charge in [0.05, 0.1) is 14.2 Å². The Balaban J connectivity index is 2.01. The van der Waals surface area contributed by atoms with Gasteiger partial charge in [-0.3, -0.25) is 9.59 Å². The molecule has 1 aliphatic heterocycles. The molecule has 31 heavy (non-hydrogen) atoms. The van der Waals surface area contributed by atoms with Crippen LogP contribution in [0.2, 0.25) is 0 Å². The fourth-order valence-electron chi connectivity index (χ4n) is 4.08. The Morgan fingerprint density at radius 1 is 1.10 bits per heavy atom. The summed E-state index contributed by atoms with van der Waals surface area (Å²) in [5.74, 6) is 0.640. The summed E-state index contributed by atoms with van der Waals surface area (Å²) in [7, 11) is 3.09. The van der Waals surface area contributed by atoms with Crippen LogP contribution in [0.4, 0.5) is 0 Å². The van der Waals surface area contributed by atoms with Crippen LogP contribution in [0, 0.1) is 0 Å². The predicted molar refractivity (Wildman–Crippen MR) is 121 cm³/mol. The van der Waals surface area contributed by atoms with E-state index in [2.05, 4.69) is 38.2 Å². The standard InChI is InChI=1S/C25H32N2O4/c1-6-7-13-26-23(28)22-18-14-20(30-4)21(31-5)15-19(18)24(29)27(22)16-25(2,3)17-11-9-8-10-12-17/h8-12,14-15,22H,6-7,13,16H2,1-5H3,(H,26,28). The van der Waals surface area contributed by atoms with E-state index in [-0.39, 0.29) is 17.2 Å². The highest BCUT2D eigenvalue weighted by Crippen LogP contribution is 2.42. The van der Waals surface area contributed by atoms with Crippen LogP contribution in [0.1, 0.15) is 61.1 Å². The Hall–Kier alpha value is -3.02. The Bertz CT molecular complexity index is 940. The van der Waals surface area contributed by atoms with Crippen molar-refractivity contribution in [3.63, 3.8) is 0 Å². The molecule has 0 spiro atoms. The molecule has 0 saturated carbocycles. The van der Waals surface area contributed by atoms with Crippen LogP contribution in [0.25, 0.3) is 0 Å². The van der Waals surface area contributed by atoms with Gasteiger partial charge < -0.3 is 19.7 Å². The number of hydrogen-bond donors (Lipinski definition) is 1. The number of rotatable bonds is 9. The Kier molecular flexibility index (Phi) is 6.88. The van der Waals surface area contributed by atoms with Crippen LogP contribution in [0.3, 0.4) is 0 Å². The lowest BCUT2D eigenvalue weighted by molar-refractivity contribution is -0.125. The third-order valence-electron chi connectivity index (χ3n) is 5.85. The van der Waals surface area contributed by atoms with Gasteiger partial charge in [-0.2, -0.15) is 0 Å². The van der Waals surface area contributed by atoms with Gasteiger partial charge in [0.1, 0.15) is 6.04 Å². The lowest BCUT2D eigenvalue weighted by atomic mass is 9.84. The zero-order chi connectivity index (χ0) is 22.6. The summed E-state index contributed by atoms with van der Waals surface area (Å²) in [6, 6.07) is 12.8. The number of hydrogen-bond acceptors (Lipinski definition) is 4. The Labute approximate surface area is 184 Å². The lowest BCUT2D eigenvalue weighted by Gasteiger charge is -2.34. The average molecular weight is 425 g/mol. The molecule has 1 atom stereocenters. The molecule has 1 aliphatic rings. The van der Waals surface area contributed by atoms with E-state index in [1.165, 1.54) is 7.11 Å². The van der Waals surface area contributed by atoms with Crippen molar-refractivity contribution in [2.45, 2.75) is 45.1 Å². The van der Waals surface area contributed by atoms with Gasteiger partial charge in [0, 0.05) is 29.6 Å². The summed E-state index contributed by atoms with van der Waals surface area (Å²) in [6.07, 6.45) is 1.87. The van der Waals surface area contributed by atoms with Crippen molar-refractivity contribution >= 4 is 11.8 Å². The number of unbranched alkanes of at least 4 members (excludes halogenated alkanes) is 1. The van der Waals surface area contributed by atoms with Crippen molar-refractivity contribution in [1.82, 2.24) is 10.2 Å². The molecule has 0 fully saturated rings. The van der Waals surface area contributed by atoms with Crippen LogP contribution in [0.5, 0.6) is 11.5 Å². The highest BCUT2D eigenvalue weighted by atomic mass is 16.5. The molecule has 0 bridgehead atoms. The number of nitrogens with one attached hydrogen (secondary N) is 1. The van der Waals surface area contributed by atoms with Gasteiger partial charge >= 0.3 is 0 Å². The third-order valence-corrected chi connectivity index (χ3v) is 5.85. The molecule has 0 aromatic heterocycles. The van der Waals surface area contributed by atoms with Crippen LogP contribution in [0.15, 0.2) is 42.5 Å². The van der Waals surface area contributed by atoms with Gasteiger partial charge in [0.15, 0.2) is 11.5 Å². The number of ether oxygens (including phenoxy) is 2.